The third-order valence-electron chi connectivity index (χ3n) is 5.75. The van der Waals surface area contributed by atoms with Crippen LogP contribution in [-0.4, -0.2) is 54.1 Å². The van der Waals surface area contributed by atoms with E-state index >= 15 is 0 Å². The van der Waals surface area contributed by atoms with E-state index in [9.17, 15) is 8.42 Å². The number of hydrogen-bond donors (Lipinski definition) is 1. The van der Waals surface area contributed by atoms with Gasteiger partial charge in [-0.3, -0.25) is 4.90 Å². The molecule has 1 aliphatic heterocycles. The maximum absolute atomic E-state index is 11.4. The van der Waals surface area contributed by atoms with Crippen LogP contribution in [0.5, 0.6) is 0 Å². The molecule has 0 saturated carbocycles. The first-order valence-electron chi connectivity index (χ1n) is 9.80. The van der Waals surface area contributed by atoms with Crippen LogP contribution in [-0.2, 0) is 16.6 Å². The predicted molar refractivity (Wildman–Crippen MR) is 117 cm³/mol. The lowest BCUT2D eigenvalue weighted by molar-refractivity contribution is 0.200. The van der Waals surface area contributed by atoms with Gasteiger partial charge in [0.1, 0.15) is 17.0 Å². The zero-order chi connectivity index (χ0) is 21.5. The van der Waals surface area contributed by atoms with Gasteiger partial charge in [0.15, 0.2) is 5.82 Å². The van der Waals surface area contributed by atoms with Crippen molar-refractivity contribution >= 4 is 33.0 Å². The summed E-state index contributed by atoms with van der Waals surface area (Å²) in [7, 11) is -1.55. The Morgan fingerprint density at radius 3 is 2.53 bits per heavy atom. The Kier molecular flexibility index (Phi) is 5.71. The summed E-state index contributed by atoms with van der Waals surface area (Å²) in [6.07, 6.45) is 3.57. The number of piperidine rings is 1. The highest BCUT2D eigenvalue weighted by Crippen LogP contribution is 2.29. The first-order valence-corrected chi connectivity index (χ1v) is 11.7. The third-order valence-corrected chi connectivity index (χ3v) is 6.95. The summed E-state index contributed by atoms with van der Waals surface area (Å²) in [5, 5.41) is 10.0. The summed E-state index contributed by atoms with van der Waals surface area (Å²) in [6, 6.07) is 9.12. The van der Waals surface area contributed by atoms with Crippen molar-refractivity contribution in [3.63, 3.8) is 0 Å². The van der Waals surface area contributed by atoms with Crippen LogP contribution in [0.1, 0.15) is 24.0 Å². The quantitative estimate of drug-likeness (QED) is 0.643. The normalized spacial score (nSPS) is 16.0. The van der Waals surface area contributed by atoms with Gasteiger partial charge in [-0.25, -0.2) is 23.1 Å². The molecule has 0 aliphatic carbocycles. The number of sulfonamides is 1. The van der Waals surface area contributed by atoms with Gasteiger partial charge < -0.3 is 4.90 Å². The number of aryl methyl sites for hydroxylation is 1. The van der Waals surface area contributed by atoms with E-state index in [-0.39, 0.29) is 4.90 Å². The fourth-order valence-electron chi connectivity index (χ4n) is 4.11. The zero-order valence-corrected chi connectivity index (χ0v) is 18.6. The Morgan fingerprint density at radius 1 is 1.23 bits per heavy atom. The molecule has 30 heavy (non-hydrogen) atoms. The second-order valence-electron chi connectivity index (χ2n) is 7.82. The largest absolute Gasteiger partial charge is 0.355 e. The number of fused-ring (bicyclic) bond motifs is 1. The second-order valence-corrected chi connectivity index (χ2v) is 9.77. The van der Waals surface area contributed by atoms with Gasteiger partial charge in [0.2, 0.25) is 10.0 Å². The molecule has 3 aromatic rings. The molecule has 160 valence electrons. The highest BCUT2D eigenvalue weighted by atomic mass is 35.5. The van der Waals surface area contributed by atoms with E-state index in [1.54, 1.807) is 23.0 Å². The van der Waals surface area contributed by atoms with Crippen molar-refractivity contribution in [2.24, 2.45) is 5.14 Å². The lowest BCUT2D eigenvalue weighted by Crippen LogP contribution is -2.43. The first-order chi connectivity index (χ1) is 14.2. The molecule has 0 spiro atoms. The van der Waals surface area contributed by atoms with E-state index in [1.165, 1.54) is 0 Å². The average molecular weight is 449 g/mol. The van der Waals surface area contributed by atoms with Gasteiger partial charge >= 0.3 is 0 Å². The van der Waals surface area contributed by atoms with Gasteiger partial charge in [0.05, 0.1) is 4.90 Å². The maximum atomic E-state index is 11.4. The number of nitrogens with zero attached hydrogens (tertiary/aromatic N) is 5. The van der Waals surface area contributed by atoms with Crippen LogP contribution >= 0.6 is 11.6 Å². The van der Waals surface area contributed by atoms with Crippen molar-refractivity contribution in [3.05, 3.63) is 52.9 Å². The van der Waals surface area contributed by atoms with Gasteiger partial charge in [-0.2, -0.15) is 5.10 Å². The van der Waals surface area contributed by atoms with Crippen molar-refractivity contribution in [3.8, 4) is 0 Å². The Bertz CT molecular complexity index is 1150. The molecule has 1 aromatic carbocycles. The molecule has 8 nitrogen and oxygen atoms in total. The fraction of sp³-hybridized carbons (Fsp3) is 0.400. The fourth-order valence-corrected chi connectivity index (χ4v) is 4.92. The van der Waals surface area contributed by atoms with Crippen molar-refractivity contribution in [2.45, 2.75) is 37.2 Å². The predicted octanol–water partition coefficient (Wildman–Crippen LogP) is 2.44. The molecule has 2 N–H and O–H groups in total. The van der Waals surface area contributed by atoms with Crippen molar-refractivity contribution in [1.82, 2.24) is 19.5 Å². The van der Waals surface area contributed by atoms with Crippen LogP contribution in [0.2, 0.25) is 5.15 Å². The molecule has 0 radical (unpaired) electrons. The lowest BCUT2D eigenvalue weighted by Gasteiger charge is -2.37. The molecule has 10 heteroatoms. The summed E-state index contributed by atoms with van der Waals surface area (Å²) in [6.45, 7) is 4.57. The first kappa shape index (κ1) is 21.0. The highest BCUT2D eigenvalue weighted by Gasteiger charge is 2.25. The highest BCUT2D eigenvalue weighted by molar-refractivity contribution is 7.89. The van der Waals surface area contributed by atoms with Crippen LogP contribution in [0.4, 0.5) is 5.82 Å². The van der Waals surface area contributed by atoms with Crippen LogP contribution in [0.15, 0.2) is 41.6 Å². The second kappa shape index (κ2) is 8.14. The molecular formula is C20H25ClN6O2S. The maximum Gasteiger partial charge on any atom is 0.238 e. The lowest BCUT2D eigenvalue weighted by atomic mass is 10.0. The molecule has 1 saturated heterocycles. The van der Waals surface area contributed by atoms with Crippen LogP contribution in [0.25, 0.3) is 5.52 Å². The molecule has 1 fully saturated rings. The molecule has 0 amide bonds. The molecule has 0 atom stereocenters. The summed E-state index contributed by atoms with van der Waals surface area (Å²) < 4.78 is 24.6. The van der Waals surface area contributed by atoms with Crippen molar-refractivity contribution in [1.29, 1.82) is 0 Å². The molecule has 0 bridgehead atoms. The van der Waals surface area contributed by atoms with Crippen LogP contribution < -0.4 is 10.0 Å². The summed E-state index contributed by atoms with van der Waals surface area (Å²) in [5.74, 6) is 0.925. The van der Waals surface area contributed by atoms with E-state index in [1.807, 2.05) is 25.1 Å². The molecule has 4 rings (SSSR count). The van der Waals surface area contributed by atoms with Crippen LogP contribution in [0.3, 0.4) is 0 Å². The smallest absolute Gasteiger partial charge is 0.238 e. The Balaban J connectivity index is 1.41. The van der Waals surface area contributed by atoms with Gasteiger partial charge in [-0.1, -0.05) is 23.7 Å². The van der Waals surface area contributed by atoms with E-state index in [0.29, 0.717) is 11.2 Å². The van der Waals surface area contributed by atoms with Gasteiger partial charge in [0.25, 0.3) is 0 Å². The number of nitrogens with two attached hydrogens (primary N) is 1. The SMILES string of the molecule is Cc1cc(Cl)n2ncnc(N3CCC(N(C)Cc4ccc(S(N)(=O)=O)cc4)CC3)c12. The van der Waals surface area contributed by atoms with E-state index in [0.717, 1.165) is 54.9 Å². The Morgan fingerprint density at radius 2 is 1.90 bits per heavy atom. The third kappa shape index (κ3) is 4.15. The average Bonchev–Trinajstić information content (AvgIpc) is 3.02. The van der Waals surface area contributed by atoms with E-state index in [4.69, 9.17) is 16.7 Å². The molecule has 0 unspecified atom stereocenters. The summed E-state index contributed by atoms with van der Waals surface area (Å²) in [4.78, 5) is 9.29. The molecule has 1 aliphatic rings. The monoisotopic (exact) mass is 448 g/mol. The zero-order valence-electron chi connectivity index (χ0n) is 17.0. The number of benzene rings is 1. The Hall–Kier alpha value is -2.20. The molecular weight excluding hydrogens is 424 g/mol. The Labute approximate surface area is 181 Å². The van der Waals surface area contributed by atoms with E-state index in [2.05, 4.69) is 26.9 Å². The topological polar surface area (TPSA) is 96.8 Å². The van der Waals surface area contributed by atoms with Gasteiger partial charge in [0, 0.05) is 25.7 Å². The number of primary sulfonamides is 1. The number of aromatic nitrogens is 3. The van der Waals surface area contributed by atoms with E-state index < -0.39 is 10.0 Å². The molecule has 3 heterocycles. The number of hydrogen-bond acceptors (Lipinski definition) is 6. The van der Waals surface area contributed by atoms with Crippen molar-refractivity contribution in [2.75, 3.05) is 25.0 Å². The number of halogens is 1. The van der Waals surface area contributed by atoms with Gasteiger partial charge in [-0.15, -0.1) is 0 Å². The standard InChI is InChI=1S/C20H25ClN6O2S/c1-14-11-18(21)27-19(14)20(23-13-24-27)26-9-7-16(8-10-26)25(2)12-15-3-5-17(6-4-15)30(22,28)29/h3-6,11,13,16H,7-10,12H2,1-2H3,(H2,22,28,29). The minimum atomic E-state index is -3.66. The van der Waals surface area contributed by atoms with Crippen molar-refractivity contribution < 1.29 is 8.42 Å². The number of anilines is 1. The molecule has 2 aromatic heterocycles. The van der Waals surface area contributed by atoms with Crippen LogP contribution in [0, 0.1) is 6.92 Å². The number of rotatable bonds is 5. The minimum absolute atomic E-state index is 0.138. The minimum Gasteiger partial charge on any atom is -0.355 e. The summed E-state index contributed by atoms with van der Waals surface area (Å²) >= 11 is 6.27. The summed E-state index contributed by atoms with van der Waals surface area (Å²) in [5.41, 5.74) is 3.09. The van der Waals surface area contributed by atoms with Gasteiger partial charge in [-0.05, 0) is 56.1 Å².